The van der Waals surface area contributed by atoms with Crippen LogP contribution in [0.5, 0.6) is 0 Å². The second kappa shape index (κ2) is 9.53. The Hall–Kier alpha value is -6.01. The molecule has 1 N–H and O–H groups in total. The fourth-order valence-electron chi connectivity index (χ4n) is 6.42. The minimum Gasteiger partial charge on any atom is -0.369 e. The molecule has 43 heavy (non-hydrogen) atoms. The molecule has 5 heteroatoms. The lowest BCUT2D eigenvalue weighted by Gasteiger charge is -2.27. The van der Waals surface area contributed by atoms with Gasteiger partial charge < -0.3 is 5.11 Å². The summed E-state index contributed by atoms with van der Waals surface area (Å²) in [5.74, 6) is 0.656. The standard InChI is InChI=1S/C38H22N4O/c39-21-23-11-13-26(14-12-23)29-17-18-31-35-30(16-15-27(22-40)34(29)35)37-41-33-20-28(24-7-3-1-4-8-24)19-32(25-9-5-2-6-10-25)36(33)42(37)38(31)43/h1-20,38,43H. The van der Waals surface area contributed by atoms with Crippen molar-refractivity contribution >= 4 is 21.8 Å². The Kier molecular flexibility index (Phi) is 5.49. The summed E-state index contributed by atoms with van der Waals surface area (Å²) in [4.78, 5) is 5.16. The highest BCUT2D eigenvalue weighted by molar-refractivity contribution is 6.11. The van der Waals surface area contributed by atoms with Gasteiger partial charge in [-0.1, -0.05) is 84.9 Å². The molecule has 0 aliphatic carbocycles. The van der Waals surface area contributed by atoms with Gasteiger partial charge in [0.2, 0.25) is 0 Å². The van der Waals surface area contributed by atoms with Crippen LogP contribution in [0, 0.1) is 22.7 Å². The average molecular weight is 551 g/mol. The van der Waals surface area contributed by atoms with Gasteiger partial charge in [0, 0.05) is 27.5 Å². The molecule has 5 nitrogen and oxygen atoms in total. The lowest BCUT2D eigenvalue weighted by Crippen LogP contribution is -2.17. The third kappa shape index (κ3) is 3.70. The maximum absolute atomic E-state index is 12.1. The van der Waals surface area contributed by atoms with E-state index in [2.05, 4.69) is 48.5 Å². The molecule has 1 aliphatic rings. The first kappa shape index (κ1) is 24.8. The van der Waals surface area contributed by atoms with E-state index in [0.717, 1.165) is 66.3 Å². The molecule has 0 fully saturated rings. The number of aromatic nitrogens is 2. The van der Waals surface area contributed by atoms with E-state index in [9.17, 15) is 15.6 Å². The highest BCUT2D eigenvalue weighted by Crippen LogP contribution is 2.48. The number of aliphatic hydroxyl groups excluding tert-OH is 1. The Morgan fingerprint density at radius 3 is 1.98 bits per heavy atom. The molecule has 0 bridgehead atoms. The molecular weight excluding hydrogens is 528 g/mol. The molecule has 2 heterocycles. The number of hydrogen-bond acceptors (Lipinski definition) is 4. The highest BCUT2D eigenvalue weighted by atomic mass is 16.3. The van der Waals surface area contributed by atoms with E-state index in [0.29, 0.717) is 17.0 Å². The van der Waals surface area contributed by atoms with Crippen LogP contribution < -0.4 is 0 Å². The van der Waals surface area contributed by atoms with Crippen molar-refractivity contribution in [2.75, 3.05) is 0 Å². The number of aliphatic hydroxyl groups is 1. The van der Waals surface area contributed by atoms with Crippen molar-refractivity contribution in [3.63, 3.8) is 0 Å². The van der Waals surface area contributed by atoms with E-state index >= 15 is 0 Å². The first-order valence-electron chi connectivity index (χ1n) is 14.0. The number of benzene rings is 6. The molecule has 0 amide bonds. The van der Waals surface area contributed by atoms with Crippen molar-refractivity contribution < 1.29 is 5.11 Å². The van der Waals surface area contributed by atoms with Crippen molar-refractivity contribution in [2.24, 2.45) is 0 Å². The zero-order valence-corrected chi connectivity index (χ0v) is 22.9. The fourth-order valence-corrected chi connectivity index (χ4v) is 6.42. The smallest absolute Gasteiger partial charge is 0.159 e. The first-order valence-corrected chi connectivity index (χ1v) is 14.0. The molecule has 1 atom stereocenters. The van der Waals surface area contributed by atoms with Crippen LogP contribution in [0.25, 0.3) is 66.6 Å². The largest absolute Gasteiger partial charge is 0.369 e. The van der Waals surface area contributed by atoms with Gasteiger partial charge in [-0.15, -0.1) is 0 Å². The van der Waals surface area contributed by atoms with Crippen molar-refractivity contribution in [3.8, 4) is 56.9 Å². The van der Waals surface area contributed by atoms with Crippen LogP contribution in [-0.4, -0.2) is 14.7 Å². The predicted molar refractivity (Wildman–Crippen MR) is 169 cm³/mol. The SMILES string of the molecule is N#Cc1ccc(-c2ccc3c4c(ccc(C#N)c24)-c2nc4cc(-c5ccccc5)cc(-c5ccccc5)c4n2C3O)cc1. The van der Waals surface area contributed by atoms with Crippen LogP contribution in [0.15, 0.2) is 121 Å². The molecule has 8 rings (SSSR count). The summed E-state index contributed by atoms with van der Waals surface area (Å²) in [6, 6.07) is 44.3. The molecule has 0 radical (unpaired) electrons. The number of nitriles is 2. The lowest BCUT2D eigenvalue weighted by atomic mass is 9.87. The maximum Gasteiger partial charge on any atom is 0.159 e. The van der Waals surface area contributed by atoms with E-state index in [1.165, 1.54) is 0 Å². The second-order valence-electron chi connectivity index (χ2n) is 10.7. The summed E-state index contributed by atoms with van der Waals surface area (Å²) < 4.78 is 1.93. The Labute approximate surface area is 247 Å². The summed E-state index contributed by atoms with van der Waals surface area (Å²) in [5, 5.41) is 33.1. The van der Waals surface area contributed by atoms with Crippen molar-refractivity contribution in [2.45, 2.75) is 6.23 Å². The molecule has 1 aromatic heterocycles. The van der Waals surface area contributed by atoms with Crippen LogP contribution in [-0.2, 0) is 0 Å². The van der Waals surface area contributed by atoms with Gasteiger partial charge in [0.15, 0.2) is 6.23 Å². The number of fused-ring (bicyclic) bond motifs is 4. The quantitative estimate of drug-likeness (QED) is 0.239. The van der Waals surface area contributed by atoms with Gasteiger partial charge in [0.25, 0.3) is 0 Å². The Morgan fingerprint density at radius 1 is 0.605 bits per heavy atom. The monoisotopic (exact) mass is 550 g/mol. The van der Waals surface area contributed by atoms with Crippen molar-refractivity contribution in [1.82, 2.24) is 9.55 Å². The van der Waals surface area contributed by atoms with Crippen LogP contribution in [0.2, 0.25) is 0 Å². The van der Waals surface area contributed by atoms with E-state index in [1.807, 2.05) is 77.4 Å². The topological polar surface area (TPSA) is 85.6 Å². The van der Waals surface area contributed by atoms with Crippen LogP contribution >= 0.6 is 0 Å². The number of rotatable bonds is 3. The molecule has 0 saturated heterocycles. The molecule has 0 saturated carbocycles. The van der Waals surface area contributed by atoms with Gasteiger partial charge in [-0.25, -0.2) is 4.98 Å². The predicted octanol–water partition coefficient (Wildman–Crippen LogP) is 8.45. The van der Waals surface area contributed by atoms with Crippen LogP contribution in [0.3, 0.4) is 0 Å². The minimum absolute atomic E-state index is 0.521. The number of nitrogens with zero attached hydrogens (tertiary/aromatic N) is 4. The van der Waals surface area contributed by atoms with Crippen LogP contribution in [0.4, 0.5) is 0 Å². The van der Waals surface area contributed by atoms with E-state index in [-0.39, 0.29) is 0 Å². The fraction of sp³-hybridized carbons (Fsp3) is 0.0263. The number of hydrogen-bond donors (Lipinski definition) is 1. The summed E-state index contributed by atoms with van der Waals surface area (Å²) >= 11 is 0. The van der Waals surface area contributed by atoms with Gasteiger partial charge >= 0.3 is 0 Å². The molecule has 7 aromatic rings. The number of imidazole rings is 1. The molecule has 1 aliphatic heterocycles. The average Bonchev–Trinajstić information content (AvgIpc) is 3.47. The van der Waals surface area contributed by atoms with Gasteiger partial charge in [-0.05, 0) is 64.2 Å². The zero-order valence-electron chi connectivity index (χ0n) is 22.9. The van der Waals surface area contributed by atoms with Crippen molar-refractivity contribution in [1.29, 1.82) is 10.5 Å². The minimum atomic E-state index is -1.01. The summed E-state index contributed by atoms with van der Waals surface area (Å²) in [6.07, 6.45) is -1.01. The summed E-state index contributed by atoms with van der Waals surface area (Å²) in [7, 11) is 0. The second-order valence-corrected chi connectivity index (χ2v) is 10.7. The Balaban J connectivity index is 1.45. The maximum atomic E-state index is 12.1. The van der Waals surface area contributed by atoms with Gasteiger partial charge in [0.05, 0.1) is 34.3 Å². The zero-order chi connectivity index (χ0) is 29.1. The molecule has 200 valence electrons. The molecule has 0 spiro atoms. The normalized spacial score (nSPS) is 13.4. The Bertz CT molecular complexity index is 2310. The molecular formula is C38H22N4O. The van der Waals surface area contributed by atoms with Crippen LogP contribution in [0.1, 0.15) is 22.9 Å². The molecule has 6 aromatic carbocycles. The van der Waals surface area contributed by atoms with Gasteiger partial charge in [0.1, 0.15) is 5.82 Å². The van der Waals surface area contributed by atoms with E-state index in [1.54, 1.807) is 12.1 Å². The third-order valence-electron chi connectivity index (χ3n) is 8.38. The van der Waals surface area contributed by atoms with E-state index < -0.39 is 6.23 Å². The lowest BCUT2D eigenvalue weighted by molar-refractivity contribution is 0.152. The first-order chi connectivity index (χ1) is 21.2. The van der Waals surface area contributed by atoms with E-state index in [4.69, 9.17) is 4.98 Å². The molecule has 1 unspecified atom stereocenters. The third-order valence-corrected chi connectivity index (χ3v) is 8.38. The Morgan fingerprint density at radius 2 is 1.28 bits per heavy atom. The van der Waals surface area contributed by atoms with Crippen molar-refractivity contribution in [3.05, 3.63) is 138 Å². The van der Waals surface area contributed by atoms with Gasteiger partial charge in [-0.3, -0.25) is 4.57 Å². The highest BCUT2D eigenvalue weighted by Gasteiger charge is 2.31. The summed E-state index contributed by atoms with van der Waals surface area (Å²) in [5.41, 5.74) is 10.2. The van der Waals surface area contributed by atoms with Gasteiger partial charge in [-0.2, -0.15) is 10.5 Å². The summed E-state index contributed by atoms with van der Waals surface area (Å²) in [6.45, 7) is 0.